The van der Waals surface area contributed by atoms with E-state index in [4.69, 9.17) is 4.74 Å². The average Bonchev–Trinajstić information content (AvgIpc) is 3.33. The van der Waals surface area contributed by atoms with Crippen LogP contribution < -0.4 is 5.32 Å². The van der Waals surface area contributed by atoms with Crippen molar-refractivity contribution in [2.24, 2.45) is 7.05 Å². The molecule has 0 spiro atoms. The molecule has 0 aliphatic carbocycles. The van der Waals surface area contributed by atoms with Crippen molar-refractivity contribution in [1.29, 1.82) is 0 Å². The molecule has 3 aromatic heterocycles. The van der Waals surface area contributed by atoms with E-state index in [0.717, 1.165) is 0 Å². The Kier molecular flexibility index (Phi) is 4.03. The van der Waals surface area contributed by atoms with Crippen molar-refractivity contribution in [3.05, 3.63) is 12.5 Å². The number of hydrogen-bond donors (Lipinski definition) is 4. The monoisotopic (exact) mass is 362 g/mol. The van der Waals surface area contributed by atoms with Crippen molar-refractivity contribution < 1.29 is 20.1 Å². The lowest BCUT2D eigenvalue weighted by molar-refractivity contribution is -0.0511. The van der Waals surface area contributed by atoms with E-state index in [9.17, 15) is 15.3 Å². The number of aryl methyl sites for hydroxylation is 1. The van der Waals surface area contributed by atoms with Crippen LogP contribution in [0.5, 0.6) is 0 Å². The Hall–Kier alpha value is -2.67. The summed E-state index contributed by atoms with van der Waals surface area (Å²) in [5.41, 5.74) is 1.33. The number of ether oxygens (including phenoxy) is 1. The molecule has 4 atom stereocenters. The molecule has 4 heterocycles. The van der Waals surface area contributed by atoms with E-state index in [-0.39, 0.29) is 0 Å². The maximum Gasteiger partial charge on any atom is 0.185 e. The summed E-state index contributed by atoms with van der Waals surface area (Å²) in [7, 11) is 3.44. The smallest absolute Gasteiger partial charge is 0.185 e. The van der Waals surface area contributed by atoms with E-state index < -0.39 is 31.1 Å². The Bertz CT molecular complexity index is 940. The van der Waals surface area contributed by atoms with Crippen molar-refractivity contribution in [1.82, 2.24) is 34.5 Å². The predicted molar refractivity (Wildman–Crippen MR) is 87.9 cm³/mol. The van der Waals surface area contributed by atoms with Crippen LogP contribution in [0.25, 0.3) is 22.7 Å². The summed E-state index contributed by atoms with van der Waals surface area (Å²) in [5.74, 6) is 0.796. The molecule has 12 nitrogen and oxygen atoms in total. The van der Waals surface area contributed by atoms with Gasteiger partial charge in [-0.1, -0.05) is 5.21 Å². The Balaban J connectivity index is 1.84. The van der Waals surface area contributed by atoms with Crippen molar-refractivity contribution >= 4 is 17.0 Å². The third-order valence-corrected chi connectivity index (χ3v) is 4.28. The van der Waals surface area contributed by atoms with Crippen molar-refractivity contribution in [2.75, 3.05) is 19.0 Å². The van der Waals surface area contributed by atoms with E-state index >= 15 is 0 Å². The van der Waals surface area contributed by atoms with Gasteiger partial charge in [-0.2, -0.15) is 0 Å². The highest BCUT2D eigenvalue weighted by molar-refractivity contribution is 5.84. The molecule has 1 aliphatic heterocycles. The summed E-state index contributed by atoms with van der Waals surface area (Å²) in [6.45, 7) is -0.414. The molecule has 26 heavy (non-hydrogen) atoms. The number of nitrogens with one attached hydrogen (secondary N) is 1. The zero-order valence-corrected chi connectivity index (χ0v) is 14.1. The maximum atomic E-state index is 10.3. The lowest BCUT2D eigenvalue weighted by Crippen LogP contribution is -2.33. The van der Waals surface area contributed by atoms with E-state index in [2.05, 4.69) is 30.6 Å². The van der Waals surface area contributed by atoms with Crippen LogP contribution >= 0.6 is 0 Å². The molecule has 1 saturated heterocycles. The molecule has 0 aromatic carbocycles. The second kappa shape index (κ2) is 6.25. The summed E-state index contributed by atoms with van der Waals surface area (Å²) < 4.78 is 8.61. The Morgan fingerprint density at radius 3 is 2.69 bits per heavy atom. The van der Waals surface area contributed by atoms with Crippen LogP contribution in [0, 0.1) is 0 Å². The van der Waals surface area contributed by atoms with Crippen LogP contribution in [0.3, 0.4) is 0 Å². The second-order valence-corrected chi connectivity index (χ2v) is 5.98. The van der Waals surface area contributed by atoms with Crippen molar-refractivity contribution in [2.45, 2.75) is 24.5 Å². The number of fused-ring (bicyclic) bond motifs is 1. The number of anilines is 1. The zero-order chi connectivity index (χ0) is 18.4. The second-order valence-electron chi connectivity index (χ2n) is 5.98. The molecule has 0 bridgehead atoms. The fourth-order valence-corrected chi connectivity index (χ4v) is 2.95. The minimum atomic E-state index is -1.24. The Morgan fingerprint density at radius 1 is 1.27 bits per heavy atom. The molecular formula is C14H18N8O4. The highest BCUT2D eigenvalue weighted by Gasteiger charge is 2.44. The molecule has 0 amide bonds. The van der Waals surface area contributed by atoms with Gasteiger partial charge in [0, 0.05) is 14.1 Å². The largest absolute Gasteiger partial charge is 0.394 e. The number of aliphatic hydroxyl groups is 3. The van der Waals surface area contributed by atoms with E-state index in [1.807, 2.05) is 0 Å². The molecule has 4 rings (SSSR count). The molecule has 138 valence electrons. The number of aliphatic hydroxyl groups excluding tert-OH is 3. The van der Waals surface area contributed by atoms with Crippen LogP contribution in [0.15, 0.2) is 12.5 Å². The van der Waals surface area contributed by atoms with Gasteiger partial charge in [0.15, 0.2) is 29.0 Å². The number of aromatic nitrogens is 7. The van der Waals surface area contributed by atoms with Crippen LogP contribution in [-0.4, -0.2) is 81.8 Å². The first-order valence-corrected chi connectivity index (χ1v) is 7.95. The van der Waals surface area contributed by atoms with Crippen molar-refractivity contribution in [3.8, 4) is 11.5 Å². The van der Waals surface area contributed by atoms with E-state index in [0.29, 0.717) is 28.5 Å². The van der Waals surface area contributed by atoms with Crippen LogP contribution in [-0.2, 0) is 11.8 Å². The van der Waals surface area contributed by atoms with Gasteiger partial charge in [0.2, 0.25) is 0 Å². The SMILES string of the molecule is CNc1nc(-c2cn(C)nn2)nc2c1ncn2[C@@H]1O[C@H](CO)[C@@H](O)[C@H]1O. The highest BCUT2D eigenvalue weighted by atomic mass is 16.6. The molecule has 4 N–H and O–H groups in total. The molecular weight excluding hydrogens is 344 g/mol. The van der Waals surface area contributed by atoms with Crippen LogP contribution in [0.4, 0.5) is 5.82 Å². The van der Waals surface area contributed by atoms with Gasteiger partial charge >= 0.3 is 0 Å². The van der Waals surface area contributed by atoms with Gasteiger partial charge < -0.3 is 25.4 Å². The summed E-state index contributed by atoms with van der Waals surface area (Å²) in [4.78, 5) is 13.2. The fourth-order valence-electron chi connectivity index (χ4n) is 2.95. The first-order chi connectivity index (χ1) is 12.5. The van der Waals surface area contributed by atoms with Gasteiger partial charge in [-0.25, -0.2) is 15.0 Å². The molecule has 1 aliphatic rings. The Labute approximate surface area is 147 Å². The van der Waals surface area contributed by atoms with Crippen LogP contribution in [0.1, 0.15) is 6.23 Å². The molecule has 0 saturated carbocycles. The molecule has 0 radical (unpaired) electrons. The van der Waals surface area contributed by atoms with E-state index in [1.54, 1.807) is 20.3 Å². The van der Waals surface area contributed by atoms with Crippen LogP contribution in [0.2, 0.25) is 0 Å². The topological polar surface area (TPSA) is 156 Å². The number of nitrogens with zero attached hydrogens (tertiary/aromatic N) is 7. The van der Waals surface area contributed by atoms with Gasteiger partial charge in [0.05, 0.1) is 19.1 Å². The third-order valence-electron chi connectivity index (χ3n) is 4.28. The summed E-state index contributed by atoms with van der Waals surface area (Å²) in [5, 5.41) is 40.4. The zero-order valence-electron chi connectivity index (χ0n) is 14.1. The highest BCUT2D eigenvalue weighted by Crippen LogP contribution is 2.32. The minimum Gasteiger partial charge on any atom is -0.394 e. The Morgan fingerprint density at radius 2 is 2.08 bits per heavy atom. The molecule has 0 unspecified atom stereocenters. The lowest BCUT2D eigenvalue weighted by Gasteiger charge is -2.16. The number of imidazole rings is 1. The number of rotatable bonds is 4. The standard InChI is InChI=1S/C14H18N8O4/c1-15-12-8-13(18-11(17-12)6-3-21(2)20-19-6)22(5-16-8)14-10(25)9(24)7(4-23)26-14/h3,5,7,9-10,14,23-25H,4H2,1-2H3,(H,15,17,18)/t7-,9-,10-,14-/m1/s1. The molecule has 3 aromatic rings. The van der Waals surface area contributed by atoms with Gasteiger partial charge in [0.1, 0.15) is 24.0 Å². The van der Waals surface area contributed by atoms with Gasteiger partial charge in [-0.3, -0.25) is 9.25 Å². The summed E-state index contributed by atoms with van der Waals surface area (Å²) in [6.07, 6.45) is -1.17. The average molecular weight is 362 g/mol. The normalized spacial score (nSPS) is 25.9. The van der Waals surface area contributed by atoms with Gasteiger partial charge in [0.25, 0.3) is 0 Å². The van der Waals surface area contributed by atoms with Crippen molar-refractivity contribution in [3.63, 3.8) is 0 Å². The molecule has 12 heteroatoms. The van der Waals surface area contributed by atoms with E-state index in [1.165, 1.54) is 15.6 Å². The van der Waals surface area contributed by atoms with Gasteiger partial charge in [-0.15, -0.1) is 5.10 Å². The minimum absolute atomic E-state index is 0.323. The van der Waals surface area contributed by atoms with Gasteiger partial charge in [-0.05, 0) is 0 Å². The first kappa shape index (κ1) is 16.8. The maximum absolute atomic E-state index is 10.3. The quantitative estimate of drug-likeness (QED) is 0.421. The third kappa shape index (κ3) is 2.50. The first-order valence-electron chi connectivity index (χ1n) is 7.95. The predicted octanol–water partition coefficient (Wildman–Crippen LogP) is -1.72. The lowest BCUT2D eigenvalue weighted by atomic mass is 10.1. The fraction of sp³-hybridized carbons (Fsp3) is 0.500. The molecule has 1 fully saturated rings. The number of hydrogen-bond acceptors (Lipinski definition) is 10. The summed E-state index contributed by atoms with van der Waals surface area (Å²) in [6, 6.07) is 0. The summed E-state index contributed by atoms with van der Waals surface area (Å²) >= 11 is 0.